The largest absolute Gasteiger partial charge is 0.444 e. The Morgan fingerprint density at radius 1 is 1.13 bits per heavy atom. The molecule has 0 aromatic heterocycles. The van der Waals surface area contributed by atoms with Gasteiger partial charge in [0.05, 0.1) is 12.6 Å². The summed E-state index contributed by atoms with van der Waals surface area (Å²) in [6.45, 7) is 17.1. The van der Waals surface area contributed by atoms with Crippen molar-refractivity contribution in [3.63, 3.8) is 0 Å². The van der Waals surface area contributed by atoms with Gasteiger partial charge in [0.1, 0.15) is 17.1 Å². The Morgan fingerprint density at radius 3 is 2.51 bits per heavy atom. The zero-order valence-electron chi connectivity index (χ0n) is 25.4. The molecule has 7 heteroatoms. The molecule has 0 radical (unpaired) electrons. The molecule has 1 aliphatic heterocycles. The number of rotatable bonds is 4. The highest BCUT2D eigenvalue weighted by molar-refractivity contribution is 5.91. The Kier molecular flexibility index (Phi) is 7.15. The lowest BCUT2D eigenvalue weighted by Gasteiger charge is -2.61. The normalized spacial score (nSPS) is 41.4. The van der Waals surface area contributed by atoms with Crippen LogP contribution in [0.5, 0.6) is 0 Å². The van der Waals surface area contributed by atoms with Crippen molar-refractivity contribution in [2.24, 2.45) is 34.5 Å². The Balaban J connectivity index is 1.44. The molecule has 7 nitrogen and oxygen atoms in total. The van der Waals surface area contributed by atoms with Gasteiger partial charge in [0.25, 0.3) is 0 Å². The number of nitrogens with one attached hydrogen (secondary N) is 1. The van der Waals surface area contributed by atoms with Crippen LogP contribution in [0.4, 0.5) is 4.79 Å². The molecule has 0 spiro atoms. The molecule has 5 aliphatic rings. The fourth-order valence-electron chi connectivity index (χ4n) is 9.61. The standard InChI is InChI=1S/C32H50N2O5/c1-19(35)24-11-12-25-23-10-9-20-15-22(36)13-14-31(20,7)27(23)26(16-32(24,25)8)33-17-21-18-38-30(5,6)34(21)28(37)39-29(2,3)4/h15,21,23-27,33H,9-14,16-18H2,1-8H3/t21-,23+,24-,25+,26+,27-,31+,32-/m1/s1. The number of allylic oxidation sites excluding steroid dienone is 1. The predicted octanol–water partition coefficient (Wildman–Crippen LogP) is 5.66. The summed E-state index contributed by atoms with van der Waals surface area (Å²) in [5.74, 6) is 2.17. The lowest BCUT2D eigenvalue weighted by molar-refractivity contribution is -0.130. The van der Waals surface area contributed by atoms with Gasteiger partial charge >= 0.3 is 6.09 Å². The van der Waals surface area contributed by atoms with Crippen LogP contribution in [0.25, 0.3) is 0 Å². The minimum atomic E-state index is -0.748. The van der Waals surface area contributed by atoms with Crippen LogP contribution in [-0.4, -0.2) is 59.1 Å². The molecule has 1 saturated heterocycles. The second kappa shape index (κ2) is 9.68. The molecule has 4 fully saturated rings. The molecule has 1 N–H and O–H groups in total. The van der Waals surface area contributed by atoms with Crippen LogP contribution in [0, 0.1) is 34.5 Å². The van der Waals surface area contributed by atoms with Crippen molar-refractivity contribution in [2.45, 2.75) is 124 Å². The summed E-state index contributed by atoms with van der Waals surface area (Å²) in [5.41, 5.74) is -0.0423. The number of ketones is 2. The first-order chi connectivity index (χ1) is 18.1. The van der Waals surface area contributed by atoms with E-state index in [1.54, 1.807) is 11.8 Å². The van der Waals surface area contributed by atoms with Gasteiger partial charge < -0.3 is 14.8 Å². The van der Waals surface area contributed by atoms with E-state index in [-0.39, 0.29) is 40.7 Å². The molecule has 1 amide bonds. The van der Waals surface area contributed by atoms with Crippen LogP contribution in [0.1, 0.15) is 100 Å². The van der Waals surface area contributed by atoms with E-state index in [1.807, 2.05) is 40.7 Å². The van der Waals surface area contributed by atoms with E-state index in [1.165, 1.54) is 5.57 Å². The van der Waals surface area contributed by atoms with Gasteiger partial charge in [-0.1, -0.05) is 19.4 Å². The minimum Gasteiger partial charge on any atom is -0.444 e. The monoisotopic (exact) mass is 542 g/mol. The van der Waals surface area contributed by atoms with Crippen molar-refractivity contribution in [1.29, 1.82) is 0 Å². The highest BCUT2D eigenvalue weighted by Crippen LogP contribution is 2.66. The van der Waals surface area contributed by atoms with E-state index in [0.717, 1.165) is 38.5 Å². The second-order valence-electron chi connectivity index (χ2n) is 15.1. The lowest BCUT2D eigenvalue weighted by Crippen LogP contribution is -2.62. The van der Waals surface area contributed by atoms with Crippen LogP contribution in [-0.2, 0) is 19.1 Å². The summed E-state index contributed by atoms with van der Waals surface area (Å²) in [6, 6.07) is 0.0488. The molecule has 39 heavy (non-hydrogen) atoms. The maximum atomic E-state index is 13.3. The molecule has 0 aromatic rings. The van der Waals surface area contributed by atoms with E-state index in [2.05, 4.69) is 19.2 Å². The number of amides is 1. The molecular weight excluding hydrogens is 492 g/mol. The fraction of sp³-hybridized carbons (Fsp3) is 0.844. The summed E-state index contributed by atoms with van der Waals surface area (Å²) in [6.07, 6.45) is 8.26. The molecule has 0 bridgehead atoms. The number of carbonyl (C=O) groups is 3. The molecule has 8 atom stereocenters. The van der Waals surface area contributed by atoms with Crippen molar-refractivity contribution in [1.82, 2.24) is 10.2 Å². The molecular formula is C32H50N2O5. The molecule has 218 valence electrons. The average Bonchev–Trinajstić information content (AvgIpc) is 3.32. The molecule has 1 heterocycles. The van der Waals surface area contributed by atoms with Gasteiger partial charge in [-0.3, -0.25) is 14.5 Å². The van der Waals surface area contributed by atoms with Gasteiger partial charge in [-0.05, 0) is 115 Å². The van der Waals surface area contributed by atoms with Crippen molar-refractivity contribution >= 4 is 17.7 Å². The number of carbonyl (C=O) groups excluding carboxylic acids is 3. The summed E-state index contributed by atoms with van der Waals surface area (Å²) in [5, 5.41) is 3.96. The first-order valence-electron chi connectivity index (χ1n) is 15.2. The SMILES string of the molecule is CC(=O)[C@H]1CC[C@H]2[C@@H]3CCC4=CC(=O)CC[C@]4(C)[C@H]3[C@@H](NC[C@@H]3COC(C)(C)N3C(=O)OC(C)(C)C)C[C@]12C. The third-order valence-corrected chi connectivity index (χ3v) is 11.2. The third-order valence-electron chi connectivity index (χ3n) is 11.2. The van der Waals surface area contributed by atoms with E-state index in [4.69, 9.17) is 9.47 Å². The average molecular weight is 543 g/mol. The fourth-order valence-corrected chi connectivity index (χ4v) is 9.61. The molecule has 5 rings (SSSR count). The topological polar surface area (TPSA) is 84.9 Å². The van der Waals surface area contributed by atoms with Crippen molar-refractivity contribution in [3.8, 4) is 0 Å². The van der Waals surface area contributed by atoms with Gasteiger partial charge in [0.15, 0.2) is 5.78 Å². The van der Waals surface area contributed by atoms with Crippen LogP contribution < -0.4 is 5.32 Å². The van der Waals surface area contributed by atoms with Crippen LogP contribution in [0.3, 0.4) is 0 Å². The van der Waals surface area contributed by atoms with E-state index < -0.39 is 11.3 Å². The van der Waals surface area contributed by atoms with Gasteiger partial charge in [-0.2, -0.15) is 0 Å². The van der Waals surface area contributed by atoms with Crippen molar-refractivity contribution in [3.05, 3.63) is 11.6 Å². The maximum Gasteiger partial charge on any atom is 0.412 e. The van der Waals surface area contributed by atoms with Crippen LogP contribution in [0.15, 0.2) is 11.6 Å². The van der Waals surface area contributed by atoms with Crippen molar-refractivity contribution < 1.29 is 23.9 Å². The zero-order valence-corrected chi connectivity index (χ0v) is 25.4. The molecule has 0 aromatic carbocycles. The number of hydrogen-bond donors (Lipinski definition) is 1. The molecule has 3 saturated carbocycles. The molecule has 4 aliphatic carbocycles. The number of ether oxygens (including phenoxy) is 2. The second-order valence-corrected chi connectivity index (χ2v) is 15.1. The van der Waals surface area contributed by atoms with Gasteiger partial charge in [-0.15, -0.1) is 0 Å². The number of nitrogens with zero attached hydrogens (tertiary/aromatic N) is 1. The highest BCUT2D eigenvalue weighted by atomic mass is 16.6. The number of hydrogen-bond acceptors (Lipinski definition) is 6. The minimum absolute atomic E-state index is 0.0135. The quantitative estimate of drug-likeness (QED) is 0.493. The first kappa shape index (κ1) is 28.8. The Hall–Kier alpha value is -1.73. The first-order valence-corrected chi connectivity index (χ1v) is 15.2. The number of fused-ring (bicyclic) bond motifs is 5. The maximum absolute atomic E-state index is 13.3. The van der Waals surface area contributed by atoms with Crippen LogP contribution >= 0.6 is 0 Å². The van der Waals surface area contributed by atoms with Crippen molar-refractivity contribution in [2.75, 3.05) is 13.2 Å². The Bertz CT molecular complexity index is 1060. The van der Waals surface area contributed by atoms with Gasteiger partial charge in [0, 0.05) is 24.9 Å². The smallest absolute Gasteiger partial charge is 0.412 e. The number of Topliss-reactive ketones (excluding diaryl/α,β-unsaturated/α-hetero) is 1. The lowest BCUT2D eigenvalue weighted by atomic mass is 9.45. The summed E-state index contributed by atoms with van der Waals surface area (Å²) in [4.78, 5) is 40.3. The van der Waals surface area contributed by atoms with E-state index >= 15 is 0 Å². The van der Waals surface area contributed by atoms with E-state index in [9.17, 15) is 14.4 Å². The summed E-state index contributed by atoms with van der Waals surface area (Å²) in [7, 11) is 0. The van der Waals surface area contributed by atoms with Gasteiger partial charge in [0.2, 0.25) is 0 Å². The Morgan fingerprint density at radius 2 is 1.85 bits per heavy atom. The summed E-state index contributed by atoms with van der Waals surface area (Å²) >= 11 is 0. The van der Waals surface area contributed by atoms with Gasteiger partial charge in [-0.25, -0.2) is 4.79 Å². The van der Waals surface area contributed by atoms with Crippen LogP contribution in [0.2, 0.25) is 0 Å². The predicted molar refractivity (Wildman–Crippen MR) is 150 cm³/mol. The zero-order chi connectivity index (χ0) is 28.5. The summed E-state index contributed by atoms with van der Waals surface area (Å²) < 4.78 is 11.9. The molecule has 0 unspecified atom stereocenters. The highest BCUT2D eigenvalue weighted by Gasteiger charge is 2.62. The third kappa shape index (κ3) is 4.90. The Labute approximate surface area is 234 Å². The van der Waals surface area contributed by atoms with E-state index in [0.29, 0.717) is 43.1 Å².